The van der Waals surface area contributed by atoms with Crippen LogP contribution in [0.3, 0.4) is 0 Å². The highest BCUT2D eigenvalue weighted by Crippen LogP contribution is 2.38. The molecule has 5 rings (SSSR count). The highest BCUT2D eigenvalue weighted by molar-refractivity contribution is 5.93. The predicted octanol–water partition coefficient (Wildman–Crippen LogP) is 3.17. The van der Waals surface area contributed by atoms with E-state index in [2.05, 4.69) is 19.7 Å². The maximum absolute atomic E-state index is 13.1. The summed E-state index contributed by atoms with van der Waals surface area (Å²) in [5, 5.41) is 0. The third-order valence-electron chi connectivity index (χ3n) is 6.17. The van der Waals surface area contributed by atoms with E-state index in [1.807, 2.05) is 30.3 Å². The molecule has 200 valence electrons. The van der Waals surface area contributed by atoms with Crippen LogP contribution in [0.15, 0.2) is 56.7 Å². The molecule has 0 saturated carbocycles. The van der Waals surface area contributed by atoms with Gasteiger partial charge >= 0.3 is 12.1 Å². The molecule has 4 heterocycles. The van der Waals surface area contributed by atoms with Crippen LogP contribution in [0.25, 0.3) is 0 Å². The number of aliphatic imine (C=N–C) groups is 1. The Morgan fingerprint density at radius 2 is 1.89 bits per heavy atom. The summed E-state index contributed by atoms with van der Waals surface area (Å²) in [6, 6.07) is 8.72. The van der Waals surface area contributed by atoms with Crippen molar-refractivity contribution in [1.29, 1.82) is 0 Å². The first-order valence-corrected chi connectivity index (χ1v) is 11.7. The van der Waals surface area contributed by atoms with Crippen molar-refractivity contribution >= 4 is 18.0 Å². The van der Waals surface area contributed by atoms with Crippen LogP contribution in [-0.2, 0) is 36.0 Å². The van der Waals surface area contributed by atoms with E-state index in [-0.39, 0.29) is 48.9 Å². The third kappa shape index (κ3) is 4.61. The molecule has 0 bridgehead atoms. The standard InChI is InChI=1S/C25H26N4O9/c1-24(2)29(23(31)36-10-15-8-6-5-7-9-15)18(13-38-24)20-26-16(11-34-20)19-28-25(33-4,14-37-19)22-27-17(12-35-22)21(30)32-3/h5-9,11-12,18H,10,13-14H2,1-4H3/t18-,25?/m0/s1. The van der Waals surface area contributed by atoms with Crippen molar-refractivity contribution in [2.45, 2.75) is 37.9 Å². The molecule has 1 fully saturated rings. The molecular weight excluding hydrogens is 500 g/mol. The van der Waals surface area contributed by atoms with Crippen molar-refractivity contribution in [3.05, 3.63) is 71.6 Å². The number of methoxy groups -OCH3 is 2. The second-order valence-electron chi connectivity index (χ2n) is 8.98. The molecule has 1 aromatic carbocycles. The van der Waals surface area contributed by atoms with Crippen molar-refractivity contribution in [3.63, 3.8) is 0 Å². The van der Waals surface area contributed by atoms with Crippen LogP contribution >= 0.6 is 0 Å². The molecule has 0 radical (unpaired) electrons. The maximum atomic E-state index is 13.1. The molecule has 1 saturated heterocycles. The van der Waals surface area contributed by atoms with Crippen LogP contribution in [-0.4, -0.2) is 66.0 Å². The van der Waals surface area contributed by atoms with E-state index in [1.165, 1.54) is 25.4 Å². The van der Waals surface area contributed by atoms with Crippen molar-refractivity contribution in [1.82, 2.24) is 14.9 Å². The molecule has 3 aromatic rings. The fourth-order valence-corrected chi connectivity index (χ4v) is 4.14. The number of ether oxygens (including phenoxy) is 5. The normalized spacial score (nSPS) is 22.2. The quantitative estimate of drug-likeness (QED) is 0.418. The second kappa shape index (κ2) is 9.91. The molecule has 0 N–H and O–H groups in total. The number of aromatic nitrogens is 2. The Balaban J connectivity index is 1.35. The first-order chi connectivity index (χ1) is 18.3. The van der Waals surface area contributed by atoms with Crippen LogP contribution in [0.1, 0.15) is 53.4 Å². The number of oxazole rings is 2. The van der Waals surface area contributed by atoms with Crippen LogP contribution in [0.2, 0.25) is 0 Å². The third-order valence-corrected chi connectivity index (χ3v) is 6.17. The van der Waals surface area contributed by atoms with Crippen LogP contribution < -0.4 is 0 Å². The molecule has 38 heavy (non-hydrogen) atoms. The molecule has 13 nitrogen and oxygen atoms in total. The van der Waals surface area contributed by atoms with Gasteiger partial charge in [-0.2, -0.15) is 0 Å². The lowest BCUT2D eigenvalue weighted by molar-refractivity contribution is -0.0500. The number of carbonyl (C=O) groups excluding carboxylic acids is 2. The fraction of sp³-hybridized carbons (Fsp3) is 0.400. The first kappa shape index (κ1) is 25.4. The summed E-state index contributed by atoms with van der Waals surface area (Å²) in [7, 11) is 2.64. The summed E-state index contributed by atoms with van der Waals surface area (Å²) in [6.45, 7) is 3.69. The molecular formula is C25H26N4O9. The second-order valence-corrected chi connectivity index (χ2v) is 8.98. The minimum Gasteiger partial charge on any atom is -0.470 e. The van der Waals surface area contributed by atoms with Crippen LogP contribution in [0.4, 0.5) is 4.79 Å². The zero-order valence-electron chi connectivity index (χ0n) is 21.2. The molecule has 0 aliphatic carbocycles. The Hall–Kier alpha value is -4.23. The van der Waals surface area contributed by atoms with Gasteiger partial charge < -0.3 is 32.5 Å². The number of carbonyl (C=O) groups is 2. The van der Waals surface area contributed by atoms with E-state index in [0.717, 1.165) is 11.8 Å². The van der Waals surface area contributed by atoms with Gasteiger partial charge in [0.2, 0.25) is 11.8 Å². The summed E-state index contributed by atoms with van der Waals surface area (Å²) in [5.41, 5.74) is -1.30. The molecule has 13 heteroatoms. The largest absolute Gasteiger partial charge is 0.470 e. The number of nitrogens with zero attached hydrogens (tertiary/aromatic N) is 4. The van der Waals surface area contributed by atoms with Gasteiger partial charge in [0, 0.05) is 7.11 Å². The van der Waals surface area contributed by atoms with Crippen molar-refractivity contribution in [3.8, 4) is 0 Å². The number of benzene rings is 1. The minimum atomic E-state index is -1.44. The maximum Gasteiger partial charge on any atom is 0.413 e. The van der Waals surface area contributed by atoms with Crippen LogP contribution in [0, 0.1) is 0 Å². The molecule has 2 aliphatic heterocycles. The van der Waals surface area contributed by atoms with E-state index in [1.54, 1.807) is 13.8 Å². The molecule has 2 atom stereocenters. The monoisotopic (exact) mass is 526 g/mol. The van der Waals surface area contributed by atoms with Gasteiger partial charge in [-0.05, 0) is 19.4 Å². The Labute approximate surface area is 217 Å². The molecule has 1 amide bonds. The Morgan fingerprint density at radius 1 is 1.11 bits per heavy atom. The average Bonchev–Trinajstić information content (AvgIpc) is 3.72. The van der Waals surface area contributed by atoms with E-state index < -0.39 is 29.6 Å². The van der Waals surface area contributed by atoms with Gasteiger partial charge in [-0.1, -0.05) is 30.3 Å². The first-order valence-electron chi connectivity index (χ1n) is 11.7. The molecule has 2 aromatic heterocycles. The lowest BCUT2D eigenvalue weighted by Gasteiger charge is -2.31. The Kier molecular flexibility index (Phi) is 6.63. The molecule has 0 spiro atoms. The van der Waals surface area contributed by atoms with Crippen LogP contribution in [0.5, 0.6) is 0 Å². The van der Waals surface area contributed by atoms with Gasteiger partial charge in [0.05, 0.1) is 13.7 Å². The number of hydrogen-bond acceptors (Lipinski definition) is 12. The highest BCUT2D eigenvalue weighted by atomic mass is 16.6. The van der Waals surface area contributed by atoms with Crippen molar-refractivity contribution in [2.75, 3.05) is 27.4 Å². The highest BCUT2D eigenvalue weighted by Gasteiger charge is 2.49. The smallest absolute Gasteiger partial charge is 0.413 e. The number of hydrogen-bond donors (Lipinski definition) is 0. The van der Waals surface area contributed by atoms with E-state index in [0.29, 0.717) is 0 Å². The molecule has 1 unspecified atom stereocenters. The van der Waals surface area contributed by atoms with Gasteiger partial charge in [-0.3, -0.25) is 4.90 Å². The lowest BCUT2D eigenvalue weighted by Crippen LogP contribution is -2.45. The lowest BCUT2D eigenvalue weighted by atomic mass is 10.2. The SMILES string of the molecule is COC(=O)c1coc(C2(OC)COC(c3coc([C@@H]4COC(C)(C)N4C(=O)OCc4ccccc4)n3)=N2)n1. The van der Waals surface area contributed by atoms with E-state index in [4.69, 9.17) is 27.8 Å². The van der Waals surface area contributed by atoms with Gasteiger partial charge in [0.15, 0.2) is 11.4 Å². The summed E-state index contributed by atoms with van der Waals surface area (Å²) in [4.78, 5) is 39.4. The number of rotatable bonds is 7. The summed E-state index contributed by atoms with van der Waals surface area (Å²) in [5.74, 6) is -0.329. The summed E-state index contributed by atoms with van der Waals surface area (Å²) < 4.78 is 38.4. The minimum absolute atomic E-state index is 0.0115. The average molecular weight is 527 g/mol. The Morgan fingerprint density at radius 3 is 2.63 bits per heavy atom. The van der Waals surface area contributed by atoms with Gasteiger partial charge in [-0.15, -0.1) is 0 Å². The summed E-state index contributed by atoms with van der Waals surface area (Å²) >= 11 is 0. The van der Waals surface area contributed by atoms with E-state index in [9.17, 15) is 9.59 Å². The number of amides is 1. The summed E-state index contributed by atoms with van der Waals surface area (Å²) in [6.07, 6.45) is 1.93. The van der Waals surface area contributed by atoms with Crippen molar-refractivity contribution < 1.29 is 42.1 Å². The van der Waals surface area contributed by atoms with E-state index >= 15 is 0 Å². The van der Waals surface area contributed by atoms with Gasteiger partial charge in [0.25, 0.3) is 11.6 Å². The number of esters is 1. The molecule has 2 aliphatic rings. The zero-order chi connectivity index (χ0) is 26.9. The predicted molar refractivity (Wildman–Crippen MR) is 127 cm³/mol. The topological polar surface area (TPSA) is 148 Å². The van der Waals surface area contributed by atoms with Gasteiger partial charge in [0.1, 0.15) is 37.5 Å². The fourth-order valence-electron chi connectivity index (χ4n) is 4.14. The zero-order valence-corrected chi connectivity index (χ0v) is 21.2. The van der Waals surface area contributed by atoms with Crippen molar-refractivity contribution in [2.24, 2.45) is 4.99 Å². The Bertz CT molecular complexity index is 1350. The van der Waals surface area contributed by atoms with Gasteiger partial charge in [-0.25, -0.2) is 24.5 Å².